The smallest absolute Gasteiger partial charge is 0.214 e. The highest BCUT2D eigenvalue weighted by atomic mass is 16.5. The highest BCUT2D eigenvalue weighted by Crippen LogP contribution is 2.28. The van der Waals surface area contributed by atoms with Crippen LogP contribution >= 0.6 is 0 Å². The summed E-state index contributed by atoms with van der Waals surface area (Å²) < 4.78 is 6.16. The van der Waals surface area contributed by atoms with E-state index < -0.39 is 0 Å². The molecule has 2 aromatic rings. The van der Waals surface area contributed by atoms with E-state index in [9.17, 15) is 0 Å². The van der Waals surface area contributed by atoms with Crippen LogP contribution in [0.1, 0.15) is 38.2 Å². The van der Waals surface area contributed by atoms with Gasteiger partial charge in [-0.25, -0.2) is 4.98 Å². The molecule has 0 amide bonds. The molecule has 0 bridgehead atoms. The summed E-state index contributed by atoms with van der Waals surface area (Å²) in [7, 11) is 1.97. The molecule has 1 heterocycles. The number of para-hydroxylation sites is 1. The van der Waals surface area contributed by atoms with E-state index in [1.165, 1.54) is 23.8 Å². The maximum absolute atomic E-state index is 6.16. The number of aromatic nitrogens is 1. The summed E-state index contributed by atoms with van der Waals surface area (Å²) in [6.07, 6.45) is 5.16. The van der Waals surface area contributed by atoms with Crippen LogP contribution in [-0.2, 0) is 6.54 Å². The molecule has 3 nitrogen and oxygen atoms in total. The Morgan fingerprint density at radius 2 is 1.95 bits per heavy atom. The molecule has 0 radical (unpaired) electrons. The lowest BCUT2D eigenvalue weighted by Gasteiger charge is -2.26. The lowest BCUT2D eigenvalue weighted by Crippen LogP contribution is -2.23. The Morgan fingerprint density at radius 3 is 2.71 bits per heavy atom. The summed E-state index contributed by atoms with van der Waals surface area (Å²) in [5, 5.41) is 4.43. The maximum Gasteiger partial charge on any atom is 0.214 e. The van der Waals surface area contributed by atoms with Gasteiger partial charge in [0.1, 0.15) is 6.10 Å². The second kappa shape index (κ2) is 6.44. The van der Waals surface area contributed by atoms with E-state index in [0.29, 0.717) is 6.10 Å². The maximum atomic E-state index is 6.16. The van der Waals surface area contributed by atoms with Gasteiger partial charge in [0, 0.05) is 18.0 Å². The summed E-state index contributed by atoms with van der Waals surface area (Å²) in [4.78, 5) is 4.68. The van der Waals surface area contributed by atoms with Gasteiger partial charge in [0.2, 0.25) is 5.88 Å². The topological polar surface area (TPSA) is 34.1 Å². The van der Waals surface area contributed by atoms with Crippen molar-refractivity contribution in [1.82, 2.24) is 10.3 Å². The molecule has 1 saturated carbocycles. The van der Waals surface area contributed by atoms with Gasteiger partial charge in [0.15, 0.2) is 0 Å². The van der Waals surface area contributed by atoms with Crippen molar-refractivity contribution in [1.29, 1.82) is 0 Å². The lowest BCUT2D eigenvalue weighted by atomic mass is 9.89. The van der Waals surface area contributed by atoms with Crippen LogP contribution in [0.2, 0.25) is 0 Å². The van der Waals surface area contributed by atoms with E-state index >= 15 is 0 Å². The second-order valence-electron chi connectivity index (χ2n) is 6.17. The first-order valence-corrected chi connectivity index (χ1v) is 7.96. The Morgan fingerprint density at radius 1 is 1.19 bits per heavy atom. The molecular weight excluding hydrogens is 260 g/mol. The average molecular weight is 284 g/mol. The van der Waals surface area contributed by atoms with Gasteiger partial charge < -0.3 is 10.1 Å². The normalized spacial score (nSPS) is 22.4. The van der Waals surface area contributed by atoms with Crippen LogP contribution in [0.25, 0.3) is 10.9 Å². The predicted molar refractivity (Wildman–Crippen MR) is 86.6 cm³/mol. The zero-order valence-electron chi connectivity index (χ0n) is 12.9. The Hall–Kier alpha value is -1.61. The number of ether oxygens (including phenoxy) is 1. The van der Waals surface area contributed by atoms with Crippen LogP contribution in [0, 0.1) is 5.92 Å². The Balaban J connectivity index is 1.84. The Bertz CT molecular complexity index is 603. The fraction of sp³-hybridized carbons (Fsp3) is 0.500. The third-order valence-electron chi connectivity index (χ3n) is 4.40. The predicted octanol–water partition coefficient (Wildman–Crippen LogP) is 3.91. The monoisotopic (exact) mass is 284 g/mol. The molecule has 21 heavy (non-hydrogen) atoms. The van der Waals surface area contributed by atoms with Crippen molar-refractivity contribution >= 4 is 10.9 Å². The van der Waals surface area contributed by atoms with Gasteiger partial charge >= 0.3 is 0 Å². The van der Waals surface area contributed by atoms with Gasteiger partial charge in [-0.2, -0.15) is 0 Å². The first kappa shape index (κ1) is 14.3. The van der Waals surface area contributed by atoms with Crippen molar-refractivity contribution in [3.63, 3.8) is 0 Å². The molecule has 3 rings (SSSR count). The lowest BCUT2D eigenvalue weighted by molar-refractivity contribution is 0.130. The minimum atomic E-state index is 0.331. The van der Waals surface area contributed by atoms with Crippen LogP contribution < -0.4 is 10.1 Å². The standard InChI is InChI=1S/C18H24N2O/c1-13-7-9-15(10-8-13)21-18-11-14(12-19-2)16-5-3-4-6-17(16)20-18/h3-6,11,13,15,19H,7-10,12H2,1-2H3. The van der Waals surface area contributed by atoms with Crippen molar-refractivity contribution in [3.05, 3.63) is 35.9 Å². The summed E-state index contributed by atoms with van der Waals surface area (Å²) in [6.45, 7) is 3.16. The number of fused-ring (bicyclic) bond motifs is 1. The molecule has 0 spiro atoms. The highest BCUT2D eigenvalue weighted by molar-refractivity contribution is 5.82. The van der Waals surface area contributed by atoms with Gasteiger partial charge in [-0.05, 0) is 50.3 Å². The molecule has 0 saturated heterocycles. The Kier molecular flexibility index (Phi) is 4.39. The number of nitrogens with zero attached hydrogens (tertiary/aromatic N) is 1. The van der Waals surface area contributed by atoms with E-state index in [4.69, 9.17) is 4.74 Å². The third kappa shape index (κ3) is 3.35. The molecule has 1 aromatic carbocycles. The number of pyridine rings is 1. The summed E-state index contributed by atoms with van der Waals surface area (Å²) in [5.41, 5.74) is 2.27. The minimum absolute atomic E-state index is 0.331. The van der Waals surface area contributed by atoms with Gasteiger partial charge in [-0.15, -0.1) is 0 Å². The number of benzene rings is 1. The first-order chi connectivity index (χ1) is 10.3. The fourth-order valence-electron chi connectivity index (χ4n) is 3.14. The van der Waals surface area contributed by atoms with Crippen molar-refractivity contribution in [2.24, 2.45) is 5.92 Å². The molecule has 112 valence electrons. The van der Waals surface area contributed by atoms with Crippen molar-refractivity contribution in [2.45, 2.75) is 45.3 Å². The van der Waals surface area contributed by atoms with Gasteiger partial charge in [0.05, 0.1) is 5.52 Å². The second-order valence-corrected chi connectivity index (χ2v) is 6.17. The quantitative estimate of drug-likeness (QED) is 0.924. The van der Waals surface area contributed by atoms with E-state index in [1.54, 1.807) is 0 Å². The zero-order chi connectivity index (χ0) is 14.7. The molecule has 1 aromatic heterocycles. The van der Waals surface area contributed by atoms with Crippen LogP contribution in [-0.4, -0.2) is 18.1 Å². The Labute approximate surface area is 126 Å². The molecule has 1 aliphatic rings. The van der Waals surface area contributed by atoms with E-state index in [-0.39, 0.29) is 0 Å². The number of rotatable bonds is 4. The molecule has 1 fully saturated rings. The fourth-order valence-corrected chi connectivity index (χ4v) is 3.14. The average Bonchev–Trinajstić information content (AvgIpc) is 2.50. The molecule has 0 unspecified atom stereocenters. The van der Waals surface area contributed by atoms with E-state index in [1.807, 2.05) is 13.1 Å². The van der Waals surface area contributed by atoms with E-state index in [2.05, 4.69) is 41.5 Å². The molecule has 3 heteroatoms. The highest BCUT2D eigenvalue weighted by Gasteiger charge is 2.20. The minimum Gasteiger partial charge on any atom is -0.474 e. The summed E-state index contributed by atoms with van der Waals surface area (Å²) in [5.74, 6) is 1.62. The van der Waals surface area contributed by atoms with Crippen LogP contribution in [0.5, 0.6) is 5.88 Å². The summed E-state index contributed by atoms with van der Waals surface area (Å²) in [6, 6.07) is 10.4. The van der Waals surface area contributed by atoms with E-state index in [0.717, 1.165) is 36.7 Å². The van der Waals surface area contributed by atoms with Crippen LogP contribution in [0.15, 0.2) is 30.3 Å². The number of hydrogen-bond acceptors (Lipinski definition) is 3. The van der Waals surface area contributed by atoms with Crippen molar-refractivity contribution < 1.29 is 4.74 Å². The molecule has 1 aliphatic carbocycles. The van der Waals surface area contributed by atoms with Crippen LogP contribution in [0.4, 0.5) is 0 Å². The van der Waals surface area contributed by atoms with Gasteiger partial charge in [-0.1, -0.05) is 25.1 Å². The molecule has 1 N–H and O–H groups in total. The van der Waals surface area contributed by atoms with Crippen molar-refractivity contribution in [2.75, 3.05) is 7.05 Å². The zero-order valence-corrected chi connectivity index (χ0v) is 12.9. The molecule has 0 atom stereocenters. The van der Waals surface area contributed by atoms with Gasteiger partial charge in [-0.3, -0.25) is 0 Å². The summed E-state index contributed by atoms with van der Waals surface area (Å²) >= 11 is 0. The molecule has 0 aliphatic heterocycles. The number of nitrogens with one attached hydrogen (secondary N) is 1. The van der Waals surface area contributed by atoms with Crippen molar-refractivity contribution in [3.8, 4) is 5.88 Å². The largest absolute Gasteiger partial charge is 0.474 e. The SMILES string of the molecule is CNCc1cc(OC2CCC(C)CC2)nc2ccccc12. The molecular formula is C18H24N2O. The van der Waals surface area contributed by atoms with Crippen LogP contribution in [0.3, 0.4) is 0 Å². The first-order valence-electron chi connectivity index (χ1n) is 7.96. The van der Waals surface area contributed by atoms with Gasteiger partial charge in [0.25, 0.3) is 0 Å². The number of hydrogen-bond donors (Lipinski definition) is 1. The third-order valence-corrected chi connectivity index (χ3v) is 4.40.